The summed E-state index contributed by atoms with van der Waals surface area (Å²) in [4.78, 5) is 13.3. The summed E-state index contributed by atoms with van der Waals surface area (Å²) in [5.41, 5.74) is 0. The van der Waals surface area contributed by atoms with E-state index in [0.717, 1.165) is 13.1 Å². The van der Waals surface area contributed by atoms with Crippen LogP contribution in [0.2, 0.25) is 0 Å². The topological polar surface area (TPSA) is 65.4 Å². The van der Waals surface area contributed by atoms with E-state index in [1.807, 2.05) is 4.90 Å². The van der Waals surface area contributed by atoms with E-state index in [2.05, 4.69) is 11.4 Å². The lowest BCUT2D eigenvalue weighted by Crippen LogP contribution is -2.55. The maximum atomic E-state index is 11.5. The van der Waals surface area contributed by atoms with Crippen molar-refractivity contribution in [3.05, 3.63) is 0 Å². The molecule has 78 valence electrons. The van der Waals surface area contributed by atoms with Crippen LogP contribution in [0.5, 0.6) is 0 Å². The average molecular weight is 197 g/mol. The molecule has 1 N–H and O–H groups in total. The Morgan fingerprint density at radius 3 is 3.21 bits per heavy atom. The largest absolute Gasteiger partial charge is 0.465 e. The van der Waals surface area contributed by atoms with Crippen LogP contribution in [0.4, 0.5) is 0 Å². The van der Waals surface area contributed by atoms with Crippen molar-refractivity contribution in [2.75, 3.05) is 32.8 Å². The van der Waals surface area contributed by atoms with E-state index in [1.54, 1.807) is 6.92 Å². The van der Waals surface area contributed by atoms with Gasteiger partial charge in [-0.3, -0.25) is 9.69 Å². The summed E-state index contributed by atoms with van der Waals surface area (Å²) in [7, 11) is 0. The fourth-order valence-electron chi connectivity index (χ4n) is 1.50. The van der Waals surface area contributed by atoms with Crippen molar-refractivity contribution in [2.45, 2.75) is 13.0 Å². The molecule has 1 unspecified atom stereocenters. The number of carbonyl (C=O) groups is 1. The van der Waals surface area contributed by atoms with Crippen LogP contribution in [0, 0.1) is 11.3 Å². The smallest absolute Gasteiger partial charge is 0.324 e. The number of nitrogens with zero attached hydrogens (tertiary/aromatic N) is 2. The number of piperazine rings is 1. The maximum Gasteiger partial charge on any atom is 0.324 e. The second-order valence-electron chi connectivity index (χ2n) is 3.10. The number of rotatable bonds is 3. The van der Waals surface area contributed by atoms with E-state index in [9.17, 15) is 4.79 Å². The molecule has 0 aromatic heterocycles. The van der Waals surface area contributed by atoms with Gasteiger partial charge >= 0.3 is 5.97 Å². The molecule has 1 aliphatic heterocycles. The number of ether oxygens (including phenoxy) is 1. The zero-order chi connectivity index (χ0) is 10.4. The third-order valence-electron chi connectivity index (χ3n) is 2.19. The predicted molar refractivity (Wildman–Crippen MR) is 50.5 cm³/mol. The standard InChI is InChI=1S/C9H15N3O2/c1-2-14-9(13)8-7-11-4-6-12(8)5-3-10/h8,11H,2,4-7H2,1H3. The third-order valence-corrected chi connectivity index (χ3v) is 2.19. The Labute approximate surface area is 83.6 Å². The van der Waals surface area contributed by atoms with Crippen LogP contribution in [0.3, 0.4) is 0 Å². The molecule has 0 saturated carbocycles. The highest BCUT2D eigenvalue weighted by Gasteiger charge is 2.29. The molecule has 1 atom stereocenters. The minimum absolute atomic E-state index is 0.241. The zero-order valence-electron chi connectivity index (χ0n) is 8.32. The van der Waals surface area contributed by atoms with E-state index in [1.165, 1.54) is 0 Å². The number of carbonyl (C=O) groups excluding carboxylic acids is 1. The van der Waals surface area contributed by atoms with Crippen molar-refractivity contribution < 1.29 is 9.53 Å². The number of nitrogens with one attached hydrogen (secondary N) is 1. The van der Waals surface area contributed by atoms with Crippen molar-refractivity contribution in [3.8, 4) is 6.07 Å². The average Bonchev–Trinajstić information content (AvgIpc) is 2.19. The number of hydrogen-bond acceptors (Lipinski definition) is 5. The van der Waals surface area contributed by atoms with Crippen LogP contribution >= 0.6 is 0 Å². The van der Waals surface area contributed by atoms with Gasteiger partial charge in [-0.05, 0) is 6.92 Å². The van der Waals surface area contributed by atoms with E-state index in [4.69, 9.17) is 10.00 Å². The molecule has 0 bridgehead atoms. The summed E-state index contributed by atoms with van der Waals surface area (Å²) >= 11 is 0. The highest BCUT2D eigenvalue weighted by molar-refractivity contribution is 5.76. The van der Waals surface area contributed by atoms with E-state index >= 15 is 0 Å². The highest BCUT2D eigenvalue weighted by atomic mass is 16.5. The molecule has 0 aromatic rings. The molecular weight excluding hydrogens is 182 g/mol. The molecule has 0 aromatic carbocycles. The summed E-state index contributed by atoms with van der Waals surface area (Å²) in [5, 5.41) is 11.7. The first-order chi connectivity index (χ1) is 6.79. The second kappa shape index (κ2) is 5.58. The van der Waals surface area contributed by atoms with Gasteiger partial charge in [0.05, 0.1) is 19.2 Å². The Kier molecular flexibility index (Phi) is 4.36. The molecule has 1 saturated heterocycles. The second-order valence-corrected chi connectivity index (χ2v) is 3.10. The lowest BCUT2D eigenvalue weighted by molar-refractivity contribution is -0.149. The third kappa shape index (κ3) is 2.69. The van der Waals surface area contributed by atoms with Gasteiger partial charge in [0.1, 0.15) is 6.04 Å². The van der Waals surface area contributed by atoms with Gasteiger partial charge in [0.2, 0.25) is 0 Å². The van der Waals surface area contributed by atoms with Crippen molar-refractivity contribution in [3.63, 3.8) is 0 Å². The molecule has 5 heteroatoms. The number of esters is 1. The summed E-state index contributed by atoms with van der Waals surface area (Å²) in [6, 6.07) is 1.75. The Morgan fingerprint density at radius 2 is 2.57 bits per heavy atom. The van der Waals surface area contributed by atoms with Gasteiger partial charge in [-0.15, -0.1) is 0 Å². The van der Waals surface area contributed by atoms with Crippen molar-refractivity contribution in [1.82, 2.24) is 10.2 Å². The normalized spacial score (nSPS) is 22.7. The summed E-state index contributed by atoms with van der Waals surface area (Å²) in [6.07, 6.45) is 0. The first-order valence-corrected chi connectivity index (χ1v) is 4.78. The summed E-state index contributed by atoms with van der Waals surface area (Å²) < 4.78 is 4.93. The molecule has 5 nitrogen and oxygen atoms in total. The van der Waals surface area contributed by atoms with Gasteiger partial charge in [0, 0.05) is 19.6 Å². The molecule has 1 aliphatic rings. The van der Waals surface area contributed by atoms with Crippen LogP contribution in [0.1, 0.15) is 6.92 Å². The van der Waals surface area contributed by atoms with E-state index in [-0.39, 0.29) is 18.6 Å². The highest BCUT2D eigenvalue weighted by Crippen LogP contribution is 2.04. The van der Waals surface area contributed by atoms with Crippen LogP contribution in [-0.4, -0.2) is 49.7 Å². The van der Waals surface area contributed by atoms with Crippen LogP contribution in [0.25, 0.3) is 0 Å². The summed E-state index contributed by atoms with van der Waals surface area (Å²) in [5.74, 6) is -0.241. The first-order valence-electron chi connectivity index (χ1n) is 4.78. The van der Waals surface area contributed by atoms with Crippen molar-refractivity contribution in [2.24, 2.45) is 0 Å². The quantitative estimate of drug-likeness (QED) is 0.481. The van der Waals surface area contributed by atoms with Gasteiger partial charge in [-0.2, -0.15) is 5.26 Å². The molecule has 1 heterocycles. The lowest BCUT2D eigenvalue weighted by atomic mass is 10.2. The van der Waals surface area contributed by atoms with Crippen molar-refractivity contribution >= 4 is 5.97 Å². The Morgan fingerprint density at radius 1 is 1.79 bits per heavy atom. The first kappa shape index (κ1) is 11.0. The Hall–Kier alpha value is -1.12. The van der Waals surface area contributed by atoms with Gasteiger partial charge in [-0.25, -0.2) is 0 Å². The fraction of sp³-hybridized carbons (Fsp3) is 0.778. The molecule has 0 aliphatic carbocycles. The van der Waals surface area contributed by atoms with Gasteiger partial charge < -0.3 is 10.1 Å². The maximum absolute atomic E-state index is 11.5. The number of hydrogen-bond donors (Lipinski definition) is 1. The minimum atomic E-state index is -0.302. The van der Waals surface area contributed by atoms with Gasteiger partial charge in [0.25, 0.3) is 0 Å². The van der Waals surface area contributed by atoms with Crippen LogP contribution in [-0.2, 0) is 9.53 Å². The molecule has 0 spiro atoms. The Bertz CT molecular complexity index is 237. The molecule has 14 heavy (non-hydrogen) atoms. The minimum Gasteiger partial charge on any atom is -0.465 e. The lowest BCUT2D eigenvalue weighted by Gasteiger charge is -2.32. The Balaban J connectivity index is 2.53. The van der Waals surface area contributed by atoms with Crippen LogP contribution in [0.15, 0.2) is 0 Å². The van der Waals surface area contributed by atoms with Crippen LogP contribution < -0.4 is 5.32 Å². The summed E-state index contributed by atoms with van der Waals surface area (Å²) in [6.45, 7) is 4.55. The van der Waals surface area contributed by atoms with E-state index < -0.39 is 0 Å². The molecule has 0 radical (unpaired) electrons. The van der Waals surface area contributed by atoms with Gasteiger partial charge in [0.15, 0.2) is 0 Å². The zero-order valence-corrected chi connectivity index (χ0v) is 8.32. The molecule has 1 fully saturated rings. The fourth-order valence-corrected chi connectivity index (χ4v) is 1.50. The number of nitriles is 1. The molecule has 0 amide bonds. The SMILES string of the molecule is CCOC(=O)C1CNCCN1CC#N. The van der Waals surface area contributed by atoms with E-state index in [0.29, 0.717) is 13.2 Å². The van der Waals surface area contributed by atoms with Crippen molar-refractivity contribution in [1.29, 1.82) is 5.26 Å². The van der Waals surface area contributed by atoms with Gasteiger partial charge in [-0.1, -0.05) is 0 Å². The molecule has 1 rings (SSSR count). The monoisotopic (exact) mass is 197 g/mol. The molecular formula is C9H15N3O2. The predicted octanol–water partition coefficient (Wildman–Crippen LogP) is -0.653.